The first kappa shape index (κ1) is 16.8. The highest BCUT2D eigenvalue weighted by Gasteiger charge is 2.13. The van der Waals surface area contributed by atoms with Gasteiger partial charge in [-0.15, -0.1) is 5.10 Å². The van der Waals surface area contributed by atoms with Crippen molar-refractivity contribution in [3.8, 4) is 0 Å². The van der Waals surface area contributed by atoms with E-state index in [2.05, 4.69) is 15.3 Å². The van der Waals surface area contributed by atoms with Gasteiger partial charge in [0.25, 0.3) is 5.56 Å². The Morgan fingerprint density at radius 3 is 2.50 bits per heavy atom. The molecular formula is C18H13Cl2N5O. The second-order valence-corrected chi connectivity index (χ2v) is 6.66. The van der Waals surface area contributed by atoms with Gasteiger partial charge in [-0.1, -0.05) is 58.7 Å². The average molecular weight is 386 g/mol. The molecule has 8 heteroatoms. The summed E-state index contributed by atoms with van der Waals surface area (Å²) in [7, 11) is 0. The summed E-state index contributed by atoms with van der Waals surface area (Å²) in [6, 6.07) is 14.8. The predicted octanol–water partition coefficient (Wildman–Crippen LogP) is 3.39. The molecule has 4 aromatic rings. The van der Waals surface area contributed by atoms with Gasteiger partial charge in [-0.2, -0.15) is 0 Å². The van der Waals surface area contributed by atoms with Crippen LogP contribution in [0.2, 0.25) is 10.0 Å². The van der Waals surface area contributed by atoms with E-state index in [0.29, 0.717) is 28.8 Å². The van der Waals surface area contributed by atoms with Crippen molar-refractivity contribution in [1.82, 2.24) is 24.5 Å². The van der Waals surface area contributed by atoms with Crippen molar-refractivity contribution in [3.63, 3.8) is 0 Å². The van der Waals surface area contributed by atoms with E-state index in [4.69, 9.17) is 23.2 Å². The van der Waals surface area contributed by atoms with Gasteiger partial charge in [-0.3, -0.25) is 9.36 Å². The fraction of sp³-hybridized carbons (Fsp3) is 0.111. The van der Waals surface area contributed by atoms with Crippen LogP contribution in [0.4, 0.5) is 0 Å². The van der Waals surface area contributed by atoms with Gasteiger partial charge in [0.05, 0.1) is 13.1 Å². The van der Waals surface area contributed by atoms with Crippen LogP contribution < -0.4 is 5.56 Å². The highest BCUT2D eigenvalue weighted by atomic mass is 35.5. The molecule has 0 radical (unpaired) electrons. The average Bonchev–Trinajstić information content (AvgIpc) is 3.05. The maximum Gasteiger partial charge on any atom is 0.283 e. The Morgan fingerprint density at radius 2 is 1.73 bits per heavy atom. The third-order valence-electron chi connectivity index (χ3n) is 4.04. The van der Waals surface area contributed by atoms with Crippen LogP contribution in [0.1, 0.15) is 11.1 Å². The third-order valence-corrected chi connectivity index (χ3v) is 4.66. The van der Waals surface area contributed by atoms with Crippen LogP contribution in [-0.2, 0) is 13.1 Å². The van der Waals surface area contributed by atoms with Crippen molar-refractivity contribution in [2.75, 3.05) is 0 Å². The zero-order chi connectivity index (χ0) is 18.1. The van der Waals surface area contributed by atoms with Crippen LogP contribution >= 0.6 is 23.2 Å². The van der Waals surface area contributed by atoms with E-state index < -0.39 is 0 Å². The number of halogens is 2. The topological polar surface area (TPSA) is 65.6 Å². The van der Waals surface area contributed by atoms with Crippen LogP contribution in [0.5, 0.6) is 0 Å². The van der Waals surface area contributed by atoms with Gasteiger partial charge in [0.2, 0.25) is 0 Å². The lowest BCUT2D eigenvalue weighted by Gasteiger charge is -2.07. The van der Waals surface area contributed by atoms with Crippen LogP contribution in [0, 0.1) is 0 Å². The molecule has 4 rings (SSSR count). The minimum Gasteiger partial charge on any atom is -0.293 e. The maximum absolute atomic E-state index is 12.7. The summed E-state index contributed by atoms with van der Waals surface area (Å²) in [6.07, 6.45) is 1.50. The molecule has 0 atom stereocenters. The Kier molecular flexibility index (Phi) is 4.44. The summed E-state index contributed by atoms with van der Waals surface area (Å²) < 4.78 is 3.07. The van der Waals surface area contributed by atoms with Crippen LogP contribution in [-0.4, -0.2) is 24.5 Å². The minimum absolute atomic E-state index is 0.230. The zero-order valence-electron chi connectivity index (χ0n) is 13.5. The van der Waals surface area contributed by atoms with Crippen molar-refractivity contribution >= 4 is 34.4 Å². The van der Waals surface area contributed by atoms with Crippen molar-refractivity contribution in [2.24, 2.45) is 0 Å². The quantitative estimate of drug-likeness (QED) is 0.539. The van der Waals surface area contributed by atoms with Gasteiger partial charge < -0.3 is 0 Å². The van der Waals surface area contributed by atoms with Crippen molar-refractivity contribution < 1.29 is 0 Å². The van der Waals surface area contributed by atoms with Crippen molar-refractivity contribution in [2.45, 2.75) is 13.1 Å². The normalized spacial score (nSPS) is 11.2. The molecule has 130 valence electrons. The molecule has 0 spiro atoms. The van der Waals surface area contributed by atoms with Gasteiger partial charge >= 0.3 is 0 Å². The molecule has 0 fully saturated rings. The Hall–Kier alpha value is -2.70. The smallest absolute Gasteiger partial charge is 0.283 e. The Labute approximate surface area is 158 Å². The van der Waals surface area contributed by atoms with Gasteiger partial charge in [-0.25, -0.2) is 9.67 Å². The minimum atomic E-state index is -0.253. The molecule has 26 heavy (non-hydrogen) atoms. The fourth-order valence-electron chi connectivity index (χ4n) is 2.68. The van der Waals surface area contributed by atoms with E-state index in [-0.39, 0.29) is 11.1 Å². The largest absolute Gasteiger partial charge is 0.293 e. The Bertz CT molecular complexity index is 1130. The van der Waals surface area contributed by atoms with E-state index in [0.717, 1.165) is 11.1 Å². The number of hydrogen-bond donors (Lipinski definition) is 0. The molecule has 0 aliphatic heterocycles. The molecule has 6 nitrogen and oxygen atoms in total. The predicted molar refractivity (Wildman–Crippen MR) is 101 cm³/mol. The third kappa shape index (κ3) is 3.21. The number of aromatic nitrogens is 5. The first-order valence-electron chi connectivity index (χ1n) is 7.88. The molecule has 0 aliphatic rings. The Morgan fingerprint density at radius 1 is 0.962 bits per heavy atom. The summed E-state index contributed by atoms with van der Waals surface area (Å²) in [4.78, 5) is 17.1. The summed E-state index contributed by atoms with van der Waals surface area (Å²) >= 11 is 12.1. The van der Waals surface area contributed by atoms with E-state index in [1.165, 1.54) is 10.9 Å². The number of benzene rings is 2. The van der Waals surface area contributed by atoms with Crippen molar-refractivity contribution in [3.05, 3.63) is 86.4 Å². The number of nitrogens with zero attached hydrogens (tertiary/aromatic N) is 5. The molecule has 0 unspecified atom stereocenters. The molecule has 2 heterocycles. The highest BCUT2D eigenvalue weighted by Crippen LogP contribution is 2.16. The fourth-order valence-corrected chi connectivity index (χ4v) is 3.00. The second kappa shape index (κ2) is 6.90. The molecular weight excluding hydrogens is 373 g/mol. The van der Waals surface area contributed by atoms with Gasteiger partial charge in [-0.05, 0) is 29.3 Å². The standard InChI is InChI=1S/C18H13Cl2N5O/c19-14-7-5-12(6-8-14)9-25-17-16(22-23-25)18(26)24(11-21-17)10-13-3-1-2-4-15(13)20/h1-8,11H,9-10H2. The second-order valence-electron chi connectivity index (χ2n) is 5.81. The van der Waals surface area contributed by atoms with Gasteiger partial charge in [0, 0.05) is 10.0 Å². The van der Waals surface area contributed by atoms with E-state index in [1.54, 1.807) is 22.9 Å². The van der Waals surface area contributed by atoms with E-state index >= 15 is 0 Å². The highest BCUT2D eigenvalue weighted by molar-refractivity contribution is 6.31. The summed E-state index contributed by atoms with van der Waals surface area (Å²) in [5.74, 6) is 0. The lowest BCUT2D eigenvalue weighted by Crippen LogP contribution is -2.21. The molecule has 0 amide bonds. The van der Waals surface area contributed by atoms with Gasteiger partial charge in [0.15, 0.2) is 11.2 Å². The Balaban J connectivity index is 1.68. The molecule has 2 aromatic heterocycles. The number of hydrogen-bond acceptors (Lipinski definition) is 4. The summed E-state index contributed by atoms with van der Waals surface area (Å²) in [6.45, 7) is 0.778. The van der Waals surface area contributed by atoms with Crippen LogP contribution in [0.15, 0.2) is 59.7 Å². The first-order valence-corrected chi connectivity index (χ1v) is 8.64. The molecule has 2 aromatic carbocycles. The molecule has 0 N–H and O–H groups in total. The van der Waals surface area contributed by atoms with Crippen molar-refractivity contribution in [1.29, 1.82) is 0 Å². The zero-order valence-corrected chi connectivity index (χ0v) is 15.0. The van der Waals surface area contributed by atoms with E-state index in [1.807, 2.05) is 30.3 Å². The maximum atomic E-state index is 12.7. The van der Waals surface area contributed by atoms with Crippen LogP contribution in [0.25, 0.3) is 11.2 Å². The lowest BCUT2D eigenvalue weighted by atomic mass is 10.2. The van der Waals surface area contributed by atoms with Crippen LogP contribution in [0.3, 0.4) is 0 Å². The molecule has 0 bridgehead atoms. The number of rotatable bonds is 4. The van der Waals surface area contributed by atoms with E-state index in [9.17, 15) is 4.79 Å². The SMILES string of the molecule is O=c1c2nnn(Cc3ccc(Cl)cc3)c2ncn1Cc1ccccc1Cl. The molecule has 0 saturated heterocycles. The monoisotopic (exact) mass is 385 g/mol. The molecule has 0 saturated carbocycles. The number of fused-ring (bicyclic) bond motifs is 1. The summed E-state index contributed by atoms with van der Waals surface area (Å²) in [5, 5.41) is 9.35. The summed E-state index contributed by atoms with van der Waals surface area (Å²) in [5.41, 5.74) is 2.25. The lowest BCUT2D eigenvalue weighted by molar-refractivity contribution is 0.663. The van der Waals surface area contributed by atoms with Gasteiger partial charge in [0.1, 0.15) is 6.33 Å². The first-order chi connectivity index (χ1) is 12.6. The molecule has 0 aliphatic carbocycles.